The maximum absolute atomic E-state index is 3.81. The first-order valence-electron chi connectivity index (χ1n) is 6.31. The Hall–Kier alpha value is 0.360. The van der Waals surface area contributed by atoms with E-state index in [1.54, 1.807) is 0 Å². The minimum absolute atomic E-state index is 0.222. The third kappa shape index (κ3) is 3.08. The van der Waals surface area contributed by atoms with Gasteiger partial charge >= 0.3 is 0 Å². The zero-order valence-corrected chi connectivity index (χ0v) is 16.9. The summed E-state index contributed by atoms with van der Waals surface area (Å²) in [6, 6.07) is 17.5. The first-order valence-corrected chi connectivity index (χ1v) is 9.48. The molecule has 0 unspecified atom stereocenters. The molecule has 4 bridgehead atoms. The van der Waals surface area contributed by atoms with Crippen molar-refractivity contribution in [1.82, 2.24) is 0 Å². The zero-order chi connectivity index (χ0) is 14.4. The van der Waals surface area contributed by atoms with E-state index in [2.05, 4.69) is 112 Å². The van der Waals surface area contributed by atoms with Gasteiger partial charge in [0.25, 0.3) is 0 Å². The van der Waals surface area contributed by atoms with Crippen molar-refractivity contribution in [2.45, 2.75) is 19.3 Å². The number of benzene rings is 2. The highest BCUT2D eigenvalue weighted by molar-refractivity contribution is 9.25. The fraction of sp³-hybridized carbons (Fsp3) is 0.250. The smallest absolute Gasteiger partial charge is 0.0671 e. The number of rotatable bonds is 0. The third-order valence-electron chi connectivity index (χ3n) is 3.60. The minimum atomic E-state index is -0.222. The van der Waals surface area contributed by atoms with Crippen LogP contribution in [0.4, 0.5) is 0 Å². The summed E-state index contributed by atoms with van der Waals surface area (Å²) >= 11 is 15.2. The second kappa shape index (κ2) is 5.53. The predicted octanol–water partition coefficient (Wildman–Crippen LogP) is 6.37. The Morgan fingerprint density at radius 3 is 1.15 bits per heavy atom. The van der Waals surface area contributed by atoms with Crippen LogP contribution in [0.3, 0.4) is 0 Å². The second-order valence-corrected chi connectivity index (χ2v) is 12.7. The van der Waals surface area contributed by atoms with Crippen LogP contribution in [0.25, 0.3) is 0 Å². The van der Waals surface area contributed by atoms with Crippen LogP contribution in [0, 0.1) is 0 Å². The van der Waals surface area contributed by atoms with Crippen LogP contribution in [0.5, 0.6) is 0 Å². The fourth-order valence-electron chi connectivity index (χ4n) is 2.45. The van der Waals surface area contributed by atoms with Gasteiger partial charge in [0.2, 0.25) is 0 Å². The molecule has 0 aromatic heterocycles. The molecule has 4 aliphatic rings. The van der Waals surface area contributed by atoms with Crippen LogP contribution in [-0.2, 0) is 19.3 Å². The molecule has 0 radical (unpaired) electrons. The largest absolute Gasteiger partial charge is 0.109 e. The third-order valence-corrected chi connectivity index (χ3v) is 6.56. The highest BCUT2D eigenvalue weighted by Crippen LogP contribution is 2.45. The summed E-state index contributed by atoms with van der Waals surface area (Å²) in [6.45, 7) is 0. The van der Waals surface area contributed by atoms with E-state index in [9.17, 15) is 0 Å². The molecule has 104 valence electrons. The lowest BCUT2D eigenvalue weighted by Crippen LogP contribution is -2.17. The second-order valence-electron chi connectivity index (χ2n) is 5.16. The lowest BCUT2D eigenvalue weighted by atomic mass is 9.96. The van der Waals surface area contributed by atoms with Crippen molar-refractivity contribution in [2.75, 3.05) is 0 Å². The van der Waals surface area contributed by atoms with E-state index in [0.717, 1.165) is 12.8 Å². The zero-order valence-electron chi connectivity index (χ0n) is 10.5. The van der Waals surface area contributed by atoms with Crippen molar-refractivity contribution < 1.29 is 0 Å². The maximum Gasteiger partial charge on any atom is 0.109 e. The van der Waals surface area contributed by atoms with Gasteiger partial charge in [-0.3, -0.25) is 0 Å². The van der Waals surface area contributed by atoms with Crippen LogP contribution < -0.4 is 0 Å². The molecule has 0 saturated carbocycles. The molecule has 4 aliphatic carbocycles. The first kappa shape index (κ1) is 15.3. The minimum Gasteiger partial charge on any atom is -0.0671 e. The Bertz CT molecular complexity index is 556. The van der Waals surface area contributed by atoms with Gasteiger partial charge in [-0.15, -0.1) is 0 Å². The standard InChI is InChI=1S/C16H12Br4/c17-15(18)9-11-1-2-12(4-3-11)10-16(19,20)14-7-5-13(15)6-8-14/h1-8H,9-10H2. The van der Waals surface area contributed by atoms with Crippen LogP contribution in [0.1, 0.15) is 22.3 Å². The molecule has 0 spiro atoms. The lowest BCUT2D eigenvalue weighted by Gasteiger charge is -2.26. The van der Waals surface area contributed by atoms with Crippen LogP contribution >= 0.6 is 63.7 Å². The normalized spacial score (nSPS) is 19.4. The molecule has 0 saturated heterocycles. The van der Waals surface area contributed by atoms with E-state index < -0.39 is 0 Å². The predicted molar refractivity (Wildman–Crippen MR) is 99.4 cm³/mol. The number of halogens is 4. The Labute approximate surface area is 152 Å². The fourth-order valence-corrected chi connectivity index (χ4v) is 4.80. The molecular formula is C16H12Br4. The van der Waals surface area contributed by atoms with E-state index in [1.807, 2.05) is 0 Å². The van der Waals surface area contributed by atoms with Crippen molar-refractivity contribution in [3.63, 3.8) is 0 Å². The number of hydrogen-bond acceptors (Lipinski definition) is 0. The van der Waals surface area contributed by atoms with E-state index in [1.165, 1.54) is 22.3 Å². The van der Waals surface area contributed by atoms with Crippen molar-refractivity contribution in [2.24, 2.45) is 0 Å². The van der Waals surface area contributed by atoms with Gasteiger partial charge in [-0.2, -0.15) is 0 Å². The SMILES string of the molecule is BrC1(Br)Cc2ccc(cc2)CC(Br)(Br)c2ccc1cc2. The lowest BCUT2D eigenvalue weighted by molar-refractivity contribution is 0.865. The van der Waals surface area contributed by atoms with E-state index in [-0.39, 0.29) is 6.47 Å². The van der Waals surface area contributed by atoms with Crippen molar-refractivity contribution >= 4 is 63.7 Å². The van der Waals surface area contributed by atoms with Gasteiger partial charge in [-0.05, 0) is 22.3 Å². The van der Waals surface area contributed by atoms with Gasteiger partial charge in [0.05, 0.1) is 0 Å². The monoisotopic (exact) mass is 520 g/mol. The average molecular weight is 524 g/mol. The average Bonchev–Trinajstić information content (AvgIpc) is 2.40. The van der Waals surface area contributed by atoms with Crippen molar-refractivity contribution in [1.29, 1.82) is 0 Å². The molecule has 0 atom stereocenters. The first-order chi connectivity index (χ1) is 9.37. The molecule has 0 nitrogen and oxygen atoms in total. The molecule has 2 aromatic rings. The van der Waals surface area contributed by atoms with Crippen LogP contribution in [0.2, 0.25) is 0 Å². The van der Waals surface area contributed by atoms with Gasteiger partial charge in [0.1, 0.15) is 6.47 Å². The van der Waals surface area contributed by atoms with Crippen molar-refractivity contribution in [3.05, 3.63) is 70.8 Å². The Morgan fingerprint density at radius 2 is 0.850 bits per heavy atom. The number of alkyl halides is 4. The molecule has 2 aromatic carbocycles. The summed E-state index contributed by atoms with van der Waals surface area (Å²) in [7, 11) is 0. The Morgan fingerprint density at radius 1 is 0.550 bits per heavy atom. The summed E-state index contributed by atoms with van der Waals surface area (Å²) in [5.74, 6) is 0. The molecular weight excluding hydrogens is 512 g/mol. The molecule has 0 aliphatic heterocycles. The van der Waals surface area contributed by atoms with E-state index in [4.69, 9.17) is 0 Å². The summed E-state index contributed by atoms with van der Waals surface area (Å²) in [6.07, 6.45) is 1.81. The van der Waals surface area contributed by atoms with Gasteiger partial charge in [0, 0.05) is 12.8 Å². The van der Waals surface area contributed by atoms with Crippen molar-refractivity contribution in [3.8, 4) is 0 Å². The molecule has 4 heteroatoms. The maximum atomic E-state index is 3.81. The van der Waals surface area contributed by atoms with E-state index in [0.29, 0.717) is 0 Å². The highest BCUT2D eigenvalue weighted by Gasteiger charge is 2.30. The topological polar surface area (TPSA) is 0 Å². The Kier molecular flexibility index (Phi) is 4.22. The quantitative estimate of drug-likeness (QED) is 0.352. The van der Waals surface area contributed by atoms with Gasteiger partial charge in [0.15, 0.2) is 0 Å². The summed E-state index contributed by atoms with van der Waals surface area (Å²) < 4.78 is -0.443. The molecule has 0 N–H and O–H groups in total. The molecule has 0 fully saturated rings. The highest BCUT2D eigenvalue weighted by atomic mass is 79.9. The molecule has 6 rings (SSSR count). The molecule has 0 amide bonds. The summed E-state index contributed by atoms with van der Waals surface area (Å²) in [5.41, 5.74) is 5.06. The summed E-state index contributed by atoms with van der Waals surface area (Å²) in [4.78, 5) is 0. The van der Waals surface area contributed by atoms with Crippen LogP contribution in [-0.4, -0.2) is 0 Å². The van der Waals surface area contributed by atoms with E-state index >= 15 is 0 Å². The van der Waals surface area contributed by atoms with Crippen LogP contribution in [0.15, 0.2) is 48.5 Å². The number of hydrogen-bond donors (Lipinski definition) is 0. The van der Waals surface area contributed by atoms with Gasteiger partial charge in [-0.25, -0.2) is 0 Å². The Balaban J connectivity index is 2.16. The van der Waals surface area contributed by atoms with Gasteiger partial charge < -0.3 is 0 Å². The molecule has 0 heterocycles. The van der Waals surface area contributed by atoms with Gasteiger partial charge in [-0.1, -0.05) is 112 Å². The molecule has 20 heavy (non-hydrogen) atoms. The summed E-state index contributed by atoms with van der Waals surface area (Å²) in [5, 5.41) is 0.